The van der Waals surface area contributed by atoms with E-state index in [1.165, 1.54) is 9.80 Å². The van der Waals surface area contributed by atoms with Crippen LogP contribution in [0, 0.1) is 0 Å². The van der Waals surface area contributed by atoms with Gasteiger partial charge in [0, 0.05) is 42.8 Å². The lowest BCUT2D eigenvalue weighted by Gasteiger charge is -2.40. The number of nitrogens with zero attached hydrogens (tertiary/aromatic N) is 5. The lowest BCUT2D eigenvalue weighted by atomic mass is 10.1. The van der Waals surface area contributed by atoms with Crippen LogP contribution in [0.15, 0.2) is 41.2 Å². The topological polar surface area (TPSA) is 79.7 Å². The van der Waals surface area contributed by atoms with E-state index in [0.29, 0.717) is 17.4 Å². The largest absolute Gasteiger partial charge is 0.396 e. The van der Waals surface area contributed by atoms with Gasteiger partial charge in [0.05, 0.1) is 0 Å². The van der Waals surface area contributed by atoms with Gasteiger partial charge in [-0.15, -0.1) is 0 Å². The average molecular weight is 390 g/mol. The summed E-state index contributed by atoms with van der Waals surface area (Å²) in [4.78, 5) is 36.7. The maximum absolute atomic E-state index is 13.0. The molecule has 1 N–H and O–H groups in total. The van der Waals surface area contributed by atoms with Crippen molar-refractivity contribution in [3.05, 3.63) is 41.2 Å². The second-order valence-electron chi connectivity index (χ2n) is 6.74. The van der Waals surface area contributed by atoms with Crippen LogP contribution in [0.2, 0.25) is 5.02 Å². The molecule has 142 valence electrons. The van der Waals surface area contributed by atoms with Crippen molar-refractivity contribution in [3.8, 4) is 0 Å². The minimum atomic E-state index is -0.603. The summed E-state index contributed by atoms with van der Waals surface area (Å²) < 4.78 is 0. The predicted molar refractivity (Wildman–Crippen MR) is 101 cm³/mol. The first-order valence-electron chi connectivity index (χ1n) is 8.73. The molecule has 0 radical (unpaired) electrons. The summed E-state index contributed by atoms with van der Waals surface area (Å²) in [6.45, 7) is 2.05. The first kappa shape index (κ1) is 17.8. The van der Waals surface area contributed by atoms with Crippen LogP contribution in [-0.4, -0.2) is 70.1 Å². The van der Waals surface area contributed by atoms with Crippen LogP contribution in [0.4, 0.5) is 10.5 Å². The standard InChI is InChI=1S/C18H20ClN5O3/c1-11-10-23-14-15(21(2)18(27)22(16(14)26)8-3-9-25)20-17(23)24(11)13-6-4-12(19)5-7-13/h4-7,10,14-15,25H,3,8-9H2,1-2H3. The maximum Gasteiger partial charge on any atom is 0.328 e. The van der Waals surface area contributed by atoms with Gasteiger partial charge in [-0.05, 0) is 37.6 Å². The van der Waals surface area contributed by atoms with E-state index in [1.54, 1.807) is 19.2 Å². The molecule has 2 unspecified atom stereocenters. The number of aliphatic hydroxyl groups excluding tert-OH is 1. The molecule has 0 aromatic heterocycles. The lowest BCUT2D eigenvalue weighted by molar-refractivity contribution is -0.136. The molecule has 2 atom stereocenters. The van der Waals surface area contributed by atoms with E-state index in [0.717, 1.165) is 11.4 Å². The highest BCUT2D eigenvalue weighted by atomic mass is 35.5. The van der Waals surface area contributed by atoms with Crippen molar-refractivity contribution in [3.63, 3.8) is 0 Å². The third-order valence-electron chi connectivity index (χ3n) is 5.01. The average Bonchev–Trinajstić information content (AvgIpc) is 3.15. The Kier molecular flexibility index (Phi) is 4.32. The number of imide groups is 1. The van der Waals surface area contributed by atoms with Gasteiger partial charge in [-0.1, -0.05) is 11.6 Å². The Morgan fingerprint density at radius 3 is 2.59 bits per heavy atom. The van der Waals surface area contributed by atoms with Crippen molar-refractivity contribution in [1.82, 2.24) is 14.7 Å². The van der Waals surface area contributed by atoms with Crippen LogP contribution in [0.3, 0.4) is 0 Å². The van der Waals surface area contributed by atoms with Crippen LogP contribution in [0.5, 0.6) is 0 Å². The Hall–Kier alpha value is -2.58. The van der Waals surface area contributed by atoms with E-state index in [-0.39, 0.29) is 25.1 Å². The Labute approximate surface area is 161 Å². The van der Waals surface area contributed by atoms with Gasteiger partial charge >= 0.3 is 6.03 Å². The molecule has 0 aliphatic carbocycles. The van der Waals surface area contributed by atoms with Crippen LogP contribution in [-0.2, 0) is 4.79 Å². The number of benzene rings is 1. The smallest absolute Gasteiger partial charge is 0.328 e. The molecule has 27 heavy (non-hydrogen) atoms. The van der Waals surface area contributed by atoms with E-state index in [4.69, 9.17) is 21.7 Å². The zero-order chi connectivity index (χ0) is 19.3. The quantitative estimate of drug-likeness (QED) is 0.847. The number of aliphatic imine (C=N–C) groups is 1. The van der Waals surface area contributed by atoms with Gasteiger partial charge in [0.15, 0.2) is 12.2 Å². The predicted octanol–water partition coefficient (Wildman–Crippen LogP) is 1.66. The maximum atomic E-state index is 13.0. The Balaban J connectivity index is 1.68. The Morgan fingerprint density at radius 1 is 1.22 bits per heavy atom. The zero-order valence-corrected chi connectivity index (χ0v) is 15.8. The van der Waals surface area contributed by atoms with Gasteiger partial charge in [0.1, 0.15) is 0 Å². The van der Waals surface area contributed by atoms with Crippen molar-refractivity contribution >= 4 is 35.2 Å². The first-order valence-corrected chi connectivity index (χ1v) is 9.11. The Bertz CT molecular complexity index is 853. The van der Waals surface area contributed by atoms with Crippen LogP contribution >= 0.6 is 11.6 Å². The van der Waals surface area contributed by atoms with E-state index in [9.17, 15) is 9.59 Å². The number of carbonyl (C=O) groups excluding carboxylic acids is 2. The zero-order valence-electron chi connectivity index (χ0n) is 15.0. The number of fused-ring (bicyclic) bond motifs is 3. The van der Waals surface area contributed by atoms with Gasteiger partial charge < -0.3 is 14.9 Å². The van der Waals surface area contributed by atoms with Crippen LogP contribution in [0.25, 0.3) is 0 Å². The van der Waals surface area contributed by atoms with Crippen LogP contribution in [0.1, 0.15) is 13.3 Å². The molecule has 1 fully saturated rings. The minimum Gasteiger partial charge on any atom is -0.396 e. The summed E-state index contributed by atoms with van der Waals surface area (Å²) in [5.74, 6) is 0.319. The van der Waals surface area contributed by atoms with E-state index < -0.39 is 12.2 Å². The second kappa shape index (κ2) is 6.54. The molecule has 3 amide bonds. The summed E-state index contributed by atoms with van der Waals surface area (Å²) in [5, 5.41) is 9.70. The van der Waals surface area contributed by atoms with Gasteiger partial charge in [-0.2, -0.15) is 0 Å². The third-order valence-corrected chi connectivity index (χ3v) is 5.26. The number of amides is 3. The molecular weight excluding hydrogens is 370 g/mol. The molecule has 3 heterocycles. The highest BCUT2D eigenvalue weighted by Gasteiger charge is 2.54. The summed E-state index contributed by atoms with van der Waals surface area (Å²) in [6, 6.07) is 6.38. The van der Waals surface area contributed by atoms with Crippen molar-refractivity contribution in [2.45, 2.75) is 25.6 Å². The number of anilines is 1. The summed E-state index contributed by atoms with van der Waals surface area (Å²) in [6.07, 6.45) is 1.65. The highest BCUT2D eigenvalue weighted by Crippen LogP contribution is 2.36. The van der Waals surface area contributed by atoms with Crippen molar-refractivity contribution in [2.24, 2.45) is 4.99 Å². The first-order chi connectivity index (χ1) is 12.9. The molecule has 0 bridgehead atoms. The summed E-state index contributed by atoms with van der Waals surface area (Å²) >= 11 is 5.99. The van der Waals surface area contributed by atoms with Crippen LogP contribution < -0.4 is 4.90 Å². The monoisotopic (exact) mass is 389 g/mol. The fraction of sp³-hybridized carbons (Fsp3) is 0.389. The fourth-order valence-electron chi connectivity index (χ4n) is 3.70. The highest BCUT2D eigenvalue weighted by molar-refractivity contribution is 6.30. The van der Waals surface area contributed by atoms with Gasteiger partial charge in [0.2, 0.25) is 5.96 Å². The molecule has 3 aliphatic heterocycles. The number of carbonyl (C=O) groups is 2. The number of allylic oxidation sites excluding steroid dienone is 1. The molecule has 9 heteroatoms. The van der Waals surface area contributed by atoms with Gasteiger partial charge in [-0.3, -0.25) is 14.6 Å². The molecule has 3 aliphatic rings. The summed E-state index contributed by atoms with van der Waals surface area (Å²) in [5.41, 5.74) is 1.80. The fourth-order valence-corrected chi connectivity index (χ4v) is 3.82. The lowest BCUT2D eigenvalue weighted by Crippen LogP contribution is -2.64. The number of hydrogen-bond donors (Lipinski definition) is 1. The number of urea groups is 1. The molecule has 1 aromatic carbocycles. The van der Waals surface area contributed by atoms with E-state index in [1.807, 2.05) is 35.1 Å². The summed E-state index contributed by atoms with van der Waals surface area (Å²) in [7, 11) is 1.65. The number of rotatable bonds is 4. The normalized spacial score (nSPS) is 24.3. The third kappa shape index (κ3) is 2.67. The molecule has 1 saturated heterocycles. The molecule has 0 saturated carbocycles. The number of halogens is 1. The number of guanidine groups is 1. The van der Waals surface area contributed by atoms with Crippen molar-refractivity contribution in [1.29, 1.82) is 0 Å². The van der Waals surface area contributed by atoms with E-state index >= 15 is 0 Å². The number of hydrogen-bond acceptors (Lipinski definition) is 6. The van der Waals surface area contributed by atoms with E-state index in [2.05, 4.69) is 0 Å². The molecular formula is C18H20ClN5O3. The molecule has 0 spiro atoms. The number of aliphatic hydroxyl groups is 1. The minimum absolute atomic E-state index is 0.0797. The molecule has 1 aromatic rings. The molecule has 4 rings (SSSR count). The molecule has 8 nitrogen and oxygen atoms in total. The Morgan fingerprint density at radius 2 is 1.93 bits per heavy atom. The van der Waals surface area contributed by atoms with Gasteiger partial charge in [0.25, 0.3) is 5.91 Å². The van der Waals surface area contributed by atoms with Gasteiger partial charge in [-0.25, -0.2) is 9.79 Å². The number of likely N-dealkylation sites (N-methyl/N-ethyl adjacent to an activating group) is 1. The second-order valence-corrected chi connectivity index (χ2v) is 7.17. The van der Waals surface area contributed by atoms with Crippen molar-refractivity contribution in [2.75, 3.05) is 25.1 Å². The van der Waals surface area contributed by atoms with Crippen molar-refractivity contribution < 1.29 is 14.7 Å². The SMILES string of the molecule is CC1=CN2C(=NC3C2C(=O)N(CCCO)C(=O)N3C)N1c1ccc(Cl)cc1.